The quantitative estimate of drug-likeness (QED) is 0.357. The Morgan fingerprint density at radius 2 is 1.72 bits per heavy atom. The molecule has 0 saturated heterocycles. The number of nitrogens with zero attached hydrogens (tertiary/aromatic N) is 3. The first-order chi connectivity index (χ1) is 16.7. The molecule has 0 saturated carbocycles. The summed E-state index contributed by atoms with van der Waals surface area (Å²) in [6.07, 6.45) is 0.891. The number of nitrogens with one attached hydrogen (secondary N) is 1. The Morgan fingerprint density at radius 1 is 1.11 bits per heavy atom. The van der Waals surface area contributed by atoms with Gasteiger partial charge in [0.1, 0.15) is 18.4 Å². The lowest BCUT2D eigenvalue weighted by molar-refractivity contribution is -0.384. The minimum Gasteiger partial charge on any atom is -0.354 e. The molecule has 2 amide bonds. The summed E-state index contributed by atoms with van der Waals surface area (Å²) in [5.41, 5.74) is 0.595. The van der Waals surface area contributed by atoms with Crippen LogP contribution in [0.4, 0.5) is 15.8 Å². The van der Waals surface area contributed by atoms with Gasteiger partial charge in [0, 0.05) is 25.2 Å². The Kier molecular flexibility index (Phi) is 9.51. The van der Waals surface area contributed by atoms with Gasteiger partial charge < -0.3 is 10.2 Å². The normalized spacial score (nSPS) is 12.2. The highest BCUT2D eigenvalue weighted by atomic mass is 32.2. The second-order valence-corrected chi connectivity index (χ2v) is 10.9. The van der Waals surface area contributed by atoms with Crippen molar-refractivity contribution in [3.8, 4) is 0 Å². The number of benzene rings is 2. The Balaban J connectivity index is 2.45. The number of amides is 2. The van der Waals surface area contributed by atoms with Crippen molar-refractivity contribution in [1.29, 1.82) is 0 Å². The Morgan fingerprint density at radius 3 is 2.25 bits per heavy atom. The highest BCUT2D eigenvalue weighted by Crippen LogP contribution is 2.28. The summed E-state index contributed by atoms with van der Waals surface area (Å²) in [5, 5.41) is 14.0. The molecule has 36 heavy (non-hydrogen) atoms. The van der Waals surface area contributed by atoms with Gasteiger partial charge in [-0.05, 0) is 43.0 Å². The molecule has 0 heterocycles. The van der Waals surface area contributed by atoms with Crippen molar-refractivity contribution in [2.24, 2.45) is 5.92 Å². The van der Waals surface area contributed by atoms with E-state index in [1.165, 1.54) is 48.2 Å². The van der Waals surface area contributed by atoms with Crippen LogP contribution in [0.25, 0.3) is 0 Å². The van der Waals surface area contributed by atoms with Gasteiger partial charge in [-0.3, -0.25) is 24.0 Å². The largest absolute Gasteiger partial charge is 0.354 e. The Bertz CT molecular complexity index is 1220. The van der Waals surface area contributed by atoms with Crippen LogP contribution < -0.4 is 9.62 Å². The molecule has 2 aromatic rings. The summed E-state index contributed by atoms with van der Waals surface area (Å²) >= 11 is 0. The smallest absolute Gasteiger partial charge is 0.271 e. The third-order valence-electron chi connectivity index (χ3n) is 5.47. The van der Waals surface area contributed by atoms with Gasteiger partial charge in [-0.1, -0.05) is 32.0 Å². The fourth-order valence-corrected chi connectivity index (χ4v) is 4.30. The second-order valence-electron chi connectivity index (χ2n) is 8.96. The maximum atomic E-state index is 13.5. The summed E-state index contributed by atoms with van der Waals surface area (Å²) < 4.78 is 39.5. The van der Waals surface area contributed by atoms with Gasteiger partial charge in [0.25, 0.3) is 5.69 Å². The molecule has 0 bridgehead atoms. The van der Waals surface area contributed by atoms with E-state index >= 15 is 0 Å². The highest BCUT2D eigenvalue weighted by molar-refractivity contribution is 7.92. The molecule has 1 atom stereocenters. The SMILES string of the molecule is Cc1ccc([N+](=O)[O-])cc1N(CC(=O)N(Cc1ccc(F)cc1)C(C)C(=O)NCC(C)C)S(C)(=O)=O. The van der Waals surface area contributed by atoms with Crippen LogP contribution in [0.5, 0.6) is 0 Å². The number of carbonyl (C=O) groups is 2. The predicted molar refractivity (Wildman–Crippen MR) is 134 cm³/mol. The number of nitro groups is 1. The van der Waals surface area contributed by atoms with Crippen LogP contribution >= 0.6 is 0 Å². The van der Waals surface area contributed by atoms with Crippen molar-refractivity contribution < 1.29 is 27.3 Å². The van der Waals surface area contributed by atoms with E-state index < -0.39 is 45.2 Å². The number of hydrogen-bond acceptors (Lipinski definition) is 6. The number of non-ortho nitro benzene ring substituents is 1. The van der Waals surface area contributed by atoms with E-state index in [2.05, 4.69) is 5.32 Å². The van der Waals surface area contributed by atoms with E-state index in [1.807, 2.05) is 13.8 Å². The minimum atomic E-state index is -4.04. The van der Waals surface area contributed by atoms with Gasteiger partial charge in [0.2, 0.25) is 21.8 Å². The molecule has 0 aromatic heterocycles. The summed E-state index contributed by atoms with van der Waals surface area (Å²) in [6.45, 7) is 6.52. The number of hydrogen-bond donors (Lipinski definition) is 1. The van der Waals surface area contributed by atoms with E-state index in [4.69, 9.17) is 0 Å². The van der Waals surface area contributed by atoms with Crippen LogP contribution in [0.15, 0.2) is 42.5 Å². The second kappa shape index (κ2) is 11.9. The Labute approximate surface area is 210 Å². The van der Waals surface area contributed by atoms with Gasteiger partial charge in [-0.25, -0.2) is 12.8 Å². The summed E-state index contributed by atoms with van der Waals surface area (Å²) in [7, 11) is -4.04. The fraction of sp³-hybridized carbons (Fsp3) is 0.417. The highest BCUT2D eigenvalue weighted by Gasteiger charge is 2.31. The van der Waals surface area contributed by atoms with Crippen molar-refractivity contribution in [3.05, 3.63) is 69.5 Å². The number of halogens is 1. The van der Waals surface area contributed by atoms with Crippen molar-refractivity contribution in [2.45, 2.75) is 40.3 Å². The van der Waals surface area contributed by atoms with Crippen LogP contribution in [0.2, 0.25) is 0 Å². The molecule has 0 radical (unpaired) electrons. The van der Waals surface area contributed by atoms with E-state index in [9.17, 15) is 32.5 Å². The summed E-state index contributed by atoms with van der Waals surface area (Å²) in [6, 6.07) is 8.12. The maximum absolute atomic E-state index is 13.5. The van der Waals surface area contributed by atoms with Crippen LogP contribution in [-0.2, 0) is 26.2 Å². The number of aryl methyl sites for hydroxylation is 1. The van der Waals surface area contributed by atoms with E-state index in [0.717, 1.165) is 16.6 Å². The zero-order valence-corrected chi connectivity index (χ0v) is 21.7. The minimum absolute atomic E-state index is 0.0151. The molecule has 0 fully saturated rings. The van der Waals surface area contributed by atoms with E-state index in [1.54, 1.807) is 6.92 Å². The van der Waals surface area contributed by atoms with Crippen LogP contribution in [-0.4, -0.2) is 55.4 Å². The number of anilines is 1. The first kappa shape index (κ1) is 28.7. The fourth-order valence-electron chi connectivity index (χ4n) is 3.40. The molecule has 2 rings (SSSR count). The van der Waals surface area contributed by atoms with Gasteiger partial charge in [0.05, 0.1) is 16.9 Å². The van der Waals surface area contributed by atoms with Crippen LogP contribution in [0.1, 0.15) is 31.9 Å². The molecule has 0 aliphatic heterocycles. The van der Waals surface area contributed by atoms with Crippen molar-refractivity contribution in [3.63, 3.8) is 0 Å². The van der Waals surface area contributed by atoms with Crippen LogP contribution in [0.3, 0.4) is 0 Å². The maximum Gasteiger partial charge on any atom is 0.271 e. The molecule has 0 spiro atoms. The monoisotopic (exact) mass is 522 g/mol. The average molecular weight is 523 g/mol. The molecule has 1 N–H and O–H groups in total. The predicted octanol–water partition coefficient (Wildman–Crippen LogP) is 3.00. The lowest BCUT2D eigenvalue weighted by atomic mass is 10.1. The molecule has 0 aliphatic rings. The van der Waals surface area contributed by atoms with E-state index in [-0.39, 0.29) is 23.8 Å². The number of nitro benzene ring substituents is 1. The van der Waals surface area contributed by atoms with Gasteiger partial charge >= 0.3 is 0 Å². The molecule has 10 nitrogen and oxygen atoms in total. The average Bonchev–Trinajstić information content (AvgIpc) is 2.79. The third kappa shape index (κ3) is 7.74. The molecule has 2 aromatic carbocycles. The molecule has 0 aliphatic carbocycles. The molecular weight excluding hydrogens is 491 g/mol. The molecule has 12 heteroatoms. The zero-order chi connectivity index (χ0) is 27.2. The first-order valence-electron chi connectivity index (χ1n) is 11.2. The number of carbonyl (C=O) groups excluding carboxylic acids is 2. The lowest BCUT2D eigenvalue weighted by Crippen LogP contribution is -2.51. The third-order valence-corrected chi connectivity index (χ3v) is 6.60. The molecule has 1 unspecified atom stereocenters. The first-order valence-corrected chi connectivity index (χ1v) is 13.1. The topological polar surface area (TPSA) is 130 Å². The van der Waals surface area contributed by atoms with Crippen molar-refractivity contribution in [1.82, 2.24) is 10.2 Å². The van der Waals surface area contributed by atoms with E-state index in [0.29, 0.717) is 17.7 Å². The van der Waals surface area contributed by atoms with Crippen molar-refractivity contribution >= 4 is 33.2 Å². The molecular formula is C24H31FN4O6S. The molecule has 196 valence electrons. The lowest BCUT2D eigenvalue weighted by Gasteiger charge is -2.32. The number of rotatable bonds is 11. The number of sulfonamides is 1. The van der Waals surface area contributed by atoms with Crippen LogP contribution in [0, 0.1) is 28.8 Å². The van der Waals surface area contributed by atoms with Gasteiger partial charge in [0.15, 0.2) is 0 Å². The van der Waals surface area contributed by atoms with Gasteiger partial charge in [-0.15, -0.1) is 0 Å². The van der Waals surface area contributed by atoms with Crippen molar-refractivity contribution in [2.75, 3.05) is 23.7 Å². The summed E-state index contributed by atoms with van der Waals surface area (Å²) in [5.74, 6) is -1.44. The van der Waals surface area contributed by atoms with Gasteiger partial charge in [-0.2, -0.15) is 0 Å². The standard InChI is InChI=1S/C24H31FN4O6S/c1-16(2)13-26-24(31)18(4)27(14-19-7-9-20(25)10-8-19)23(30)15-28(36(5,34)35)22-12-21(29(32)33)11-6-17(22)3/h6-12,16,18H,13-15H2,1-5H3,(H,26,31). The zero-order valence-electron chi connectivity index (χ0n) is 20.9. The Hall–Kier alpha value is -3.54. The summed E-state index contributed by atoms with van der Waals surface area (Å²) in [4.78, 5) is 38.1.